The average molecular weight is 523 g/mol. The molecule has 202 valence electrons. The van der Waals surface area contributed by atoms with Crippen LogP contribution in [-0.2, 0) is 0 Å². The lowest BCUT2D eigenvalue weighted by molar-refractivity contribution is 0.274. The summed E-state index contributed by atoms with van der Waals surface area (Å²) in [4.78, 5) is 0. The van der Waals surface area contributed by atoms with Gasteiger partial charge in [-0.05, 0) is 141 Å². The van der Waals surface area contributed by atoms with Crippen LogP contribution in [0.5, 0.6) is 0 Å². The topological polar surface area (TPSA) is 0 Å². The first-order chi connectivity index (χ1) is 19.4. The molecule has 2 aromatic rings. The van der Waals surface area contributed by atoms with Gasteiger partial charge in [0, 0.05) is 0 Å². The van der Waals surface area contributed by atoms with Crippen molar-refractivity contribution < 1.29 is 0 Å². The molecule has 0 saturated carbocycles. The van der Waals surface area contributed by atoms with E-state index in [2.05, 4.69) is 99.7 Å². The zero-order valence-electron chi connectivity index (χ0n) is 24.5. The molecule has 2 aromatic carbocycles. The molecule has 0 heterocycles. The van der Waals surface area contributed by atoms with E-state index in [1.807, 2.05) is 0 Å². The first kappa shape index (κ1) is 24.7. The molecule has 0 bridgehead atoms. The lowest BCUT2D eigenvalue weighted by Crippen LogP contribution is -2.33. The van der Waals surface area contributed by atoms with Gasteiger partial charge in [-0.2, -0.15) is 0 Å². The Labute approximate surface area is 240 Å². The highest BCUT2D eigenvalue weighted by molar-refractivity contribution is 5.92. The molecule has 0 fully saturated rings. The predicted octanol–water partition coefficient (Wildman–Crippen LogP) is 9.23. The van der Waals surface area contributed by atoms with Crippen LogP contribution in [0, 0.1) is 23.2 Å². The molecule has 40 heavy (non-hydrogen) atoms. The lowest BCUT2D eigenvalue weighted by Gasteiger charge is -2.37. The molecule has 6 aliphatic carbocycles. The van der Waals surface area contributed by atoms with Gasteiger partial charge in [0.25, 0.3) is 0 Å². The van der Waals surface area contributed by atoms with Gasteiger partial charge in [-0.25, -0.2) is 0 Å². The normalized spacial score (nSPS) is 28.6. The van der Waals surface area contributed by atoms with Gasteiger partial charge in [-0.1, -0.05) is 99.7 Å². The fourth-order valence-electron chi connectivity index (χ4n) is 8.63. The number of fused-ring (bicyclic) bond motifs is 2. The smallest absolute Gasteiger partial charge is 0.00676 e. The summed E-state index contributed by atoms with van der Waals surface area (Å²) in [5, 5.41) is 5.99. The summed E-state index contributed by atoms with van der Waals surface area (Å²) >= 11 is 0. The van der Waals surface area contributed by atoms with Crippen molar-refractivity contribution in [3.63, 3.8) is 0 Å². The monoisotopic (exact) mass is 522 g/mol. The van der Waals surface area contributed by atoms with Gasteiger partial charge in [0.1, 0.15) is 0 Å². The van der Waals surface area contributed by atoms with Gasteiger partial charge in [0.2, 0.25) is 0 Å². The van der Waals surface area contributed by atoms with Crippen LogP contribution < -0.4 is 10.4 Å². The maximum Gasteiger partial charge on any atom is -0.00676 e. The van der Waals surface area contributed by atoms with Gasteiger partial charge < -0.3 is 0 Å². The summed E-state index contributed by atoms with van der Waals surface area (Å²) in [7, 11) is 0. The number of allylic oxidation sites excluding steroid dienone is 12. The quantitative estimate of drug-likeness (QED) is 0.369. The molecular formula is C40H42. The fraction of sp³-hybridized carbons (Fsp3) is 0.400. The van der Waals surface area contributed by atoms with Gasteiger partial charge in [-0.15, -0.1) is 0 Å². The van der Waals surface area contributed by atoms with Crippen LogP contribution in [0.25, 0.3) is 28.5 Å². The predicted molar refractivity (Wildman–Crippen MR) is 171 cm³/mol. The molecule has 0 aromatic heterocycles. The molecule has 4 unspecified atom stereocenters. The molecule has 0 heteroatoms. The molecule has 4 atom stereocenters. The zero-order valence-corrected chi connectivity index (χ0v) is 24.5. The number of hydrogen-bond donors (Lipinski definition) is 0. The van der Waals surface area contributed by atoms with Gasteiger partial charge in [0.05, 0.1) is 0 Å². The Morgan fingerprint density at radius 2 is 1.57 bits per heavy atom. The highest BCUT2D eigenvalue weighted by atomic mass is 14.4. The maximum atomic E-state index is 2.60. The van der Waals surface area contributed by atoms with Crippen LogP contribution >= 0.6 is 0 Å². The van der Waals surface area contributed by atoms with Crippen molar-refractivity contribution in [3.8, 4) is 0 Å². The van der Waals surface area contributed by atoms with Crippen LogP contribution in [0.15, 0.2) is 89.1 Å². The molecule has 0 radical (unpaired) electrons. The van der Waals surface area contributed by atoms with Crippen molar-refractivity contribution in [1.29, 1.82) is 0 Å². The van der Waals surface area contributed by atoms with Gasteiger partial charge in [-0.3, -0.25) is 0 Å². The second-order valence-electron chi connectivity index (χ2n) is 14.4. The Bertz CT molecular complexity index is 1740. The van der Waals surface area contributed by atoms with Crippen molar-refractivity contribution in [2.75, 3.05) is 0 Å². The summed E-state index contributed by atoms with van der Waals surface area (Å²) in [5.74, 6) is 2.70. The Kier molecular flexibility index (Phi) is 5.67. The third-order valence-electron chi connectivity index (χ3n) is 11.0. The highest BCUT2D eigenvalue weighted by Crippen LogP contribution is 2.45. The second-order valence-corrected chi connectivity index (χ2v) is 14.4. The third-order valence-corrected chi connectivity index (χ3v) is 11.0. The minimum atomic E-state index is 0.320. The third kappa shape index (κ3) is 4.01. The number of benzene rings is 2. The summed E-state index contributed by atoms with van der Waals surface area (Å²) in [6.07, 6.45) is 32.1. The van der Waals surface area contributed by atoms with E-state index in [1.165, 1.54) is 72.8 Å². The Morgan fingerprint density at radius 3 is 2.48 bits per heavy atom. The maximum absolute atomic E-state index is 2.60. The van der Waals surface area contributed by atoms with E-state index in [0.29, 0.717) is 23.2 Å². The standard InChI is InChI=1S/C40H42/c1-40(2,3)35-23-33-15-9-26-16-18-36(37-19-17-34(24-35)38(33)39(26)37)32-14-13-30-21-29(11-12-31(30)22-32)28-10-8-25-6-4-5-7-27(25)20-28/h4,6,8-10,13-16,18-19,21,23,27,31,34-35H,5,7,11-12,17,20,22,24H2,1-3H3. The van der Waals surface area contributed by atoms with Crippen LogP contribution in [0.4, 0.5) is 0 Å². The van der Waals surface area contributed by atoms with E-state index in [1.54, 1.807) is 38.8 Å². The molecule has 0 amide bonds. The number of rotatable bonds is 2. The van der Waals surface area contributed by atoms with Crippen LogP contribution in [-0.4, -0.2) is 0 Å². The largest absolute Gasteiger partial charge is 0.0842 e. The molecule has 0 aliphatic heterocycles. The molecule has 0 nitrogen and oxygen atoms in total. The van der Waals surface area contributed by atoms with E-state index in [9.17, 15) is 0 Å². The van der Waals surface area contributed by atoms with Crippen LogP contribution in [0.1, 0.15) is 89.2 Å². The summed E-state index contributed by atoms with van der Waals surface area (Å²) in [6, 6.07) is 9.61. The van der Waals surface area contributed by atoms with Crippen molar-refractivity contribution >= 4 is 28.5 Å². The molecule has 8 rings (SSSR count). The van der Waals surface area contributed by atoms with Crippen molar-refractivity contribution in [2.24, 2.45) is 23.2 Å². The van der Waals surface area contributed by atoms with Crippen molar-refractivity contribution in [2.45, 2.75) is 78.1 Å². The Hall–Kier alpha value is -3.12. The van der Waals surface area contributed by atoms with E-state index in [-0.39, 0.29) is 0 Å². The SMILES string of the molecule is CC(C)(C)C1C=c2ccc3ccc(C4=CC=C5C=C(C6=CC=C7C=CCCC7C6)CCC5C4)c4c3c2C(CC=4)C1. The summed E-state index contributed by atoms with van der Waals surface area (Å²) < 4.78 is 0. The lowest BCUT2D eigenvalue weighted by atomic mass is 9.68. The second kappa shape index (κ2) is 9.20. The minimum Gasteiger partial charge on any atom is -0.0842 e. The first-order valence-corrected chi connectivity index (χ1v) is 15.9. The van der Waals surface area contributed by atoms with E-state index >= 15 is 0 Å². The fourth-order valence-corrected chi connectivity index (χ4v) is 8.63. The van der Waals surface area contributed by atoms with E-state index < -0.39 is 0 Å². The Balaban J connectivity index is 1.16. The number of hydrogen-bond acceptors (Lipinski definition) is 0. The van der Waals surface area contributed by atoms with Crippen molar-refractivity contribution in [1.82, 2.24) is 0 Å². The van der Waals surface area contributed by atoms with Crippen LogP contribution in [0.3, 0.4) is 0 Å². The molecule has 0 saturated heterocycles. The molecule has 0 spiro atoms. The summed E-state index contributed by atoms with van der Waals surface area (Å²) in [5.41, 5.74) is 11.3. The Morgan fingerprint density at radius 1 is 0.775 bits per heavy atom. The molecule has 6 aliphatic rings. The zero-order chi connectivity index (χ0) is 27.0. The van der Waals surface area contributed by atoms with Gasteiger partial charge >= 0.3 is 0 Å². The van der Waals surface area contributed by atoms with Crippen molar-refractivity contribution in [3.05, 3.63) is 111 Å². The molecule has 0 N–H and O–H groups in total. The average Bonchev–Trinajstić information content (AvgIpc) is 2.98. The summed E-state index contributed by atoms with van der Waals surface area (Å²) in [6.45, 7) is 7.22. The van der Waals surface area contributed by atoms with E-state index in [4.69, 9.17) is 0 Å². The van der Waals surface area contributed by atoms with E-state index in [0.717, 1.165) is 5.92 Å². The van der Waals surface area contributed by atoms with Gasteiger partial charge in [0.15, 0.2) is 0 Å². The highest BCUT2D eigenvalue weighted by Gasteiger charge is 2.33. The molecular weight excluding hydrogens is 480 g/mol. The minimum absolute atomic E-state index is 0.320. The first-order valence-electron chi connectivity index (χ1n) is 15.9. The van der Waals surface area contributed by atoms with Crippen LogP contribution in [0.2, 0.25) is 0 Å².